The molecule has 194 valence electrons. The van der Waals surface area contributed by atoms with Crippen molar-refractivity contribution in [2.45, 2.75) is 30.2 Å². The molecule has 2 aliphatic heterocycles. The summed E-state index contributed by atoms with van der Waals surface area (Å²) in [6, 6.07) is 10.2. The van der Waals surface area contributed by atoms with E-state index in [4.69, 9.17) is 4.74 Å². The van der Waals surface area contributed by atoms with Crippen molar-refractivity contribution < 1.29 is 22.7 Å². The number of sulfonamides is 1. The molecule has 0 bridgehead atoms. The van der Waals surface area contributed by atoms with Crippen molar-refractivity contribution in [3.63, 3.8) is 0 Å². The van der Waals surface area contributed by atoms with Crippen LogP contribution in [0.1, 0.15) is 19.8 Å². The van der Waals surface area contributed by atoms with E-state index in [1.54, 1.807) is 36.4 Å². The van der Waals surface area contributed by atoms with E-state index in [2.05, 4.69) is 31.1 Å². The van der Waals surface area contributed by atoms with E-state index in [1.807, 2.05) is 12.1 Å². The minimum atomic E-state index is -3.78. The summed E-state index contributed by atoms with van der Waals surface area (Å²) >= 11 is 3.31. The Balaban J connectivity index is 1.45. The lowest BCUT2D eigenvalue weighted by Gasteiger charge is -2.46. The third-order valence-electron chi connectivity index (χ3n) is 6.62. The quantitative estimate of drug-likeness (QED) is 0.536. The maximum absolute atomic E-state index is 13.1. The van der Waals surface area contributed by atoms with Gasteiger partial charge < -0.3 is 19.9 Å². The highest BCUT2D eigenvalue weighted by atomic mass is 79.9. The van der Waals surface area contributed by atoms with E-state index < -0.39 is 21.7 Å². The summed E-state index contributed by atoms with van der Waals surface area (Å²) in [6.07, 6.45) is 4.19. The number of carbonyl (C=O) groups excluding carboxylic acids is 2. The van der Waals surface area contributed by atoms with Gasteiger partial charge in [0.1, 0.15) is 0 Å². The van der Waals surface area contributed by atoms with Crippen LogP contribution in [0, 0.1) is 0 Å². The molecular weight excluding hydrogens is 550 g/mol. The fourth-order valence-electron chi connectivity index (χ4n) is 4.63. The SMILES string of the molecule is CCOC(=O)NC1(CN2CCN(S(=O)(=O)c3ccc(Br)cc3)CC2=O)CCN(c2ccncc2)CC1. The van der Waals surface area contributed by atoms with E-state index >= 15 is 0 Å². The number of ether oxygens (including phenoxy) is 1. The second kappa shape index (κ2) is 11.1. The van der Waals surface area contributed by atoms with E-state index in [0.29, 0.717) is 32.5 Å². The average Bonchev–Trinajstić information content (AvgIpc) is 2.86. The lowest BCUT2D eigenvalue weighted by molar-refractivity contribution is -0.135. The first-order chi connectivity index (χ1) is 17.2. The second-order valence-corrected chi connectivity index (χ2v) is 11.8. The number of carbonyl (C=O) groups is 2. The summed E-state index contributed by atoms with van der Waals surface area (Å²) in [5.74, 6) is -0.288. The molecule has 2 aromatic rings. The standard InChI is InChI=1S/C24H30BrN5O5S/c1-2-35-23(32)27-24(9-13-28(14-10-24)20-7-11-26-12-8-20)18-29-15-16-30(17-22(29)31)36(33,34)21-5-3-19(25)4-6-21/h3-8,11-12H,2,9-10,13-18H2,1H3,(H,27,32). The molecule has 4 rings (SSSR count). The number of anilines is 1. The van der Waals surface area contributed by atoms with E-state index in [0.717, 1.165) is 10.2 Å². The van der Waals surface area contributed by atoms with Crippen LogP contribution in [0.2, 0.25) is 0 Å². The van der Waals surface area contributed by atoms with Gasteiger partial charge in [0.05, 0.1) is 23.6 Å². The van der Waals surface area contributed by atoms with Crippen LogP contribution in [0.15, 0.2) is 58.2 Å². The lowest BCUT2D eigenvalue weighted by Crippen LogP contribution is -2.64. The summed E-state index contributed by atoms with van der Waals surface area (Å²) in [7, 11) is -3.78. The highest BCUT2D eigenvalue weighted by molar-refractivity contribution is 9.10. The maximum Gasteiger partial charge on any atom is 0.407 e. The molecular formula is C24H30BrN5O5S. The molecule has 36 heavy (non-hydrogen) atoms. The van der Waals surface area contributed by atoms with Crippen molar-refractivity contribution in [2.24, 2.45) is 0 Å². The smallest absolute Gasteiger partial charge is 0.407 e. The van der Waals surface area contributed by atoms with Gasteiger partial charge in [0.25, 0.3) is 0 Å². The second-order valence-electron chi connectivity index (χ2n) is 8.93. The Morgan fingerprint density at radius 2 is 1.75 bits per heavy atom. The highest BCUT2D eigenvalue weighted by Crippen LogP contribution is 2.29. The van der Waals surface area contributed by atoms with Gasteiger partial charge in [-0.2, -0.15) is 4.31 Å². The zero-order chi connectivity index (χ0) is 25.8. The number of hydrogen-bond acceptors (Lipinski definition) is 7. The number of rotatable bonds is 7. The number of benzene rings is 1. The zero-order valence-electron chi connectivity index (χ0n) is 20.1. The molecule has 2 amide bonds. The van der Waals surface area contributed by atoms with Gasteiger partial charge in [0, 0.05) is 55.3 Å². The number of alkyl carbamates (subject to hydrolysis) is 1. The van der Waals surface area contributed by atoms with Gasteiger partial charge in [0.15, 0.2) is 0 Å². The highest BCUT2D eigenvalue weighted by Gasteiger charge is 2.41. The van der Waals surface area contributed by atoms with Crippen molar-refractivity contribution in [3.05, 3.63) is 53.3 Å². The lowest BCUT2D eigenvalue weighted by atomic mass is 9.86. The monoisotopic (exact) mass is 579 g/mol. The van der Waals surface area contributed by atoms with Crippen LogP contribution in [-0.4, -0.2) is 86.0 Å². The summed E-state index contributed by atoms with van der Waals surface area (Å²) in [6.45, 7) is 3.84. The van der Waals surface area contributed by atoms with Gasteiger partial charge in [-0.15, -0.1) is 0 Å². The van der Waals surface area contributed by atoms with Crippen molar-refractivity contribution in [1.82, 2.24) is 19.5 Å². The van der Waals surface area contributed by atoms with Crippen LogP contribution in [0.4, 0.5) is 10.5 Å². The molecule has 2 saturated heterocycles. The van der Waals surface area contributed by atoms with Gasteiger partial charge in [-0.25, -0.2) is 13.2 Å². The summed E-state index contributed by atoms with van der Waals surface area (Å²) < 4.78 is 33.2. The Hall–Kier alpha value is -2.70. The topological polar surface area (TPSA) is 112 Å². The summed E-state index contributed by atoms with van der Waals surface area (Å²) in [4.78, 5) is 33.6. The molecule has 2 fully saturated rings. The van der Waals surface area contributed by atoms with Crippen LogP contribution >= 0.6 is 15.9 Å². The van der Waals surface area contributed by atoms with Gasteiger partial charge in [0.2, 0.25) is 15.9 Å². The van der Waals surface area contributed by atoms with Crippen molar-refractivity contribution >= 4 is 43.6 Å². The minimum absolute atomic E-state index is 0.149. The molecule has 0 aliphatic carbocycles. The number of nitrogens with zero attached hydrogens (tertiary/aromatic N) is 4. The van der Waals surface area contributed by atoms with Crippen LogP contribution in [0.25, 0.3) is 0 Å². The third-order valence-corrected chi connectivity index (χ3v) is 9.01. The van der Waals surface area contributed by atoms with Crippen LogP contribution in [0.5, 0.6) is 0 Å². The zero-order valence-corrected chi connectivity index (χ0v) is 22.5. The summed E-state index contributed by atoms with van der Waals surface area (Å²) in [5, 5.41) is 3.02. The molecule has 0 spiro atoms. The van der Waals surface area contributed by atoms with Crippen molar-refractivity contribution in [1.29, 1.82) is 0 Å². The van der Waals surface area contributed by atoms with E-state index in [1.165, 1.54) is 16.4 Å². The Kier molecular flexibility index (Phi) is 8.16. The number of nitrogens with one attached hydrogen (secondary N) is 1. The van der Waals surface area contributed by atoms with Gasteiger partial charge in [-0.1, -0.05) is 15.9 Å². The Labute approximate surface area is 219 Å². The van der Waals surface area contributed by atoms with Crippen LogP contribution in [0.3, 0.4) is 0 Å². The molecule has 0 unspecified atom stereocenters. The normalized spacial score (nSPS) is 18.7. The number of hydrogen-bond donors (Lipinski definition) is 1. The van der Waals surface area contributed by atoms with E-state index in [-0.39, 0.29) is 37.0 Å². The number of aromatic nitrogens is 1. The Bertz CT molecular complexity index is 1170. The fourth-order valence-corrected chi connectivity index (χ4v) is 6.28. The largest absolute Gasteiger partial charge is 0.450 e. The first kappa shape index (κ1) is 26.4. The number of halogens is 1. The first-order valence-corrected chi connectivity index (χ1v) is 14.1. The van der Waals surface area contributed by atoms with Crippen LogP contribution in [-0.2, 0) is 19.6 Å². The molecule has 2 aliphatic rings. The van der Waals surface area contributed by atoms with E-state index in [9.17, 15) is 18.0 Å². The molecule has 1 aromatic heterocycles. The number of amides is 2. The van der Waals surface area contributed by atoms with Crippen molar-refractivity contribution in [3.8, 4) is 0 Å². The summed E-state index contributed by atoms with van der Waals surface area (Å²) in [5.41, 5.74) is 0.385. The Morgan fingerprint density at radius 1 is 1.08 bits per heavy atom. The molecule has 3 heterocycles. The average molecular weight is 581 g/mol. The first-order valence-electron chi connectivity index (χ1n) is 11.9. The molecule has 0 saturated carbocycles. The molecule has 1 N–H and O–H groups in total. The third kappa shape index (κ3) is 5.98. The molecule has 12 heteroatoms. The minimum Gasteiger partial charge on any atom is -0.450 e. The number of pyridine rings is 1. The number of piperazine rings is 1. The predicted molar refractivity (Wildman–Crippen MR) is 138 cm³/mol. The Morgan fingerprint density at radius 3 is 2.36 bits per heavy atom. The molecule has 0 radical (unpaired) electrons. The maximum atomic E-state index is 13.1. The fraction of sp³-hybridized carbons (Fsp3) is 0.458. The predicted octanol–water partition coefficient (Wildman–Crippen LogP) is 2.46. The number of piperidine rings is 1. The van der Waals surface area contributed by atoms with Crippen LogP contribution < -0.4 is 10.2 Å². The molecule has 1 aromatic carbocycles. The molecule has 10 nitrogen and oxygen atoms in total. The van der Waals surface area contributed by atoms with Gasteiger partial charge in [-0.3, -0.25) is 9.78 Å². The molecule has 0 atom stereocenters. The van der Waals surface area contributed by atoms with Crippen molar-refractivity contribution in [2.75, 3.05) is 50.8 Å². The van der Waals surface area contributed by atoms with Gasteiger partial charge >= 0.3 is 6.09 Å². The van der Waals surface area contributed by atoms with Gasteiger partial charge in [-0.05, 0) is 56.2 Å².